The third-order valence-corrected chi connectivity index (χ3v) is 5.64. The summed E-state index contributed by atoms with van der Waals surface area (Å²) in [5, 5.41) is 4.09. The first-order valence-electron chi connectivity index (χ1n) is 11.8. The molecule has 1 N–H and O–H groups in total. The van der Waals surface area contributed by atoms with Crippen LogP contribution in [0.4, 0.5) is 5.69 Å². The molecule has 6 nitrogen and oxygen atoms in total. The third kappa shape index (κ3) is 7.09. The maximum absolute atomic E-state index is 13.1. The zero-order chi connectivity index (χ0) is 25.4. The smallest absolute Gasteiger partial charge is 0.308 e. The Hall–Kier alpha value is -3.80. The van der Waals surface area contributed by atoms with Crippen LogP contribution in [0.2, 0.25) is 0 Å². The van der Waals surface area contributed by atoms with Gasteiger partial charge in [-0.2, -0.15) is 0 Å². The van der Waals surface area contributed by atoms with Gasteiger partial charge >= 0.3 is 5.97 Å². The van der Waals surface area contributed by atoms with E-state index < -0.39 is 11.5 Å². The number of esters is 1. The van der Waals surface area contributed by atoms with Crippen LogP contribution in [0, 0.1) is 0 Å². The molecule has 0 radical (unpaired) electrons. The molecule has 0 spiro atoms. The third-order valence-electron chi connectivity index (χ3n) is 5.64. The summed E-state index contributed by atoms with van der Waals surface area (Å²) in [6, 6.07) is 15.8. The monoisotopic (exact) mass is 474 g/mol. The summed E-state index contributed by atoms with van der Waals surface area (Å²) in [6.07, 6.45) is 6.10. The zero-order valence-electron chi connectivity index (χ0n) is 21.2. The van der Waals surface area contributed by atoms with Gasteiger partial charge in [-0.1, -0.05) is 47.6 Å². The average molecular weight is 475 g/mol. The highest BCUT2D eigenvalue weighted by Gasteiger charge is 2.20. The van der Waals surface area contributed by atoms with Crippen LogP contribution in [0.25, 0.3) is 10.9 Å². The normalized spacial score (nSPS) is 11.3. The summed E-state index contributed by atoms with van der Waals surface area (Å²) in [5.41, 5.74) is 4.77. The second-order valence-corrected chi connectivity index (χ2v) is 8.87. The van der Waals surface area contributed by atoms with E-state index in [0.717, 1.165) is 24.1 Å². The molecule has 3 aromatic rings. The lowest BCUT2D eigenvalue weighted by Crippen LogP contribution is -2.22. The van der Waals surface area contributed by atoms with Crippen molar-refractivity contribution in [2.75, 3.05) is 11.9 Å². The van der Waals surface area contributed by atoms with Crippen molar-refractivity contribution in [3.63, 3.8) is 0 Å². The van der Waals surface area contributed by atoms with E-state index in [4.69, 9.17) is 9.47 Å². The molecule has 6 heteroatoms. The molecule has 0 unspecified atom stereocenters. The Labute approximate surface area is 206 Å². The minimum absolute atomic E-state index is 0.0897. The Morgan fingerprint density at radius 1 is 1.00 bits per heavy atom. The number of carbonyl (C=O) groups excluding carboxylic acids is 1. The van der Waals surface area contributed by atoms with Gasteiger partial charge < -0.3 is 19.4 Å². The van der Waals surface area contributed by atoms with Gasteiger partial charge in [-0.05, 0) is 63.5 Å². The van der Waals surface area contributed by atoms with E-state index in [2.05, 4.69) is 44.3 Å². The van der Waals surface area contributed by atoms with Crippen LogP contribution in [0.5, 0.6) is 11.5 Å². The maximum Gasteiger partial charge on any atom is 0.308 e. The highest BCUT2D eigenvalue weighted by Crippen LogP contribution is 2.34. The lowest BCUT2D eigenvalue weighted by atomic mass is 10.1. The Bertz CT molecular complexity index is 1300. The van der Waals surface area contributed by atoms with Gasteiger partial charge in [-0.25, -0.2) is 0 Å². The van der Waals surface area contributed by atoms with Gasteiger partial charge in [0.25, 0.3) is 5.56 Å². The van der Waals surface area contributed by atoms with E-state index in [0.29, 0.717) is 17.4 Å². The molecule has 0 saturated carbocycles. The van der Waals surface area contributed by atoms with Crippen LogP contribution >= 0.6 is 0 Å². The van der Waals surface area contributed by atoms with E-state index in [1.807, 2.05) is 42.5 Å². The molecule has 0 atom stereocenters. The Morgan fingerprint density at radius 2 is 1.74 bits per heavy atom. The first kappa shape index (κ1) is 25.8. The molecule has 0 amide bonds. The number of anilines is 1. The van der Waals surface area contributed by atoms with Gasteiger partial charge in [-0.3, -0.25) is 9.59 Å². The van der Waals surface area contributed by atoms with Gasteiger partial charge in [0.05, 0.1) is 5.52 Å². The molecule has 0 aliphatic heterocycles. The maximum atomic E-state index is 13.1. The quantitative estimate of drug-likeness (QED) is 0.282. The van der Waals surface area contributed by atoms with Gasteiger partial charge in [0.2, 0.25) is 5.75 Å². The molecule has 1 aromatic heterocycles. The van der Waals surface area contributed by atoms with E-state index in [-0.39, 0.29) is 18.1 Å². The zero-order valence-corrected chi connectivity index (χ0v) is 21.2. The molecule has 0 fully saturated rings. The van der Waals surface area contributed by atoms with Gasteiger partial charge in [0.15, 0.2) is 5.75 Å². The SMILES string of the molecule is CC(=O)Oc1c(OCC=C(C)CCC=C(C)C)c2ccc(NCc3ccccc3)cc2n(C)c1=O. The largest absolute Gasteiger partial charge is 0.485 e. The number of nitrogens with zero attached hydrogens (tertiary/aromatic N) is 1. The molecule has 184 valence electrons. The molecule has 2 aromatic carbocycles. The lowest BCUT2D eigenvalue weighted by Gasteiger charge is -2.16. The fourth-order valence-corrected chi connectivity index (χ4v) is 3.73. The van der Waals surface area contributed by atoms with Gasteiger partial charge in [0.1, 0.15) is 6.61 Å². The number of aryl methyl sites for hydroxylation is 1. The summed E-state index contributed by atoms with van der Waals surface area (Å²) < 4.78 is 12.8. The lowest BCUT2D eigenvalue weighted by molar-refractivity contribution is -0.132. The van der Waals surface area contributed by atoms with Crippen LogP contribution in [-0.2, 0) is 18.4 Å². The summed E-state index contributed by atoms with van der Waals surface area (Å²) in [4.78, 5) is 24.8. The first-order chi connectivity index (χ1) is 16.8. The molecule has 0 aliphatic rings. The van der Waals surface area contributed by atoms with Crippen LogP contribution in [0.15, 0.2) is 76.6 Å². The Morgan fingerprint density at radius 3 is 2.43 bits per heavy atom. The number of pyridine rings is 1. The van der Waals surface area contributed by atoms with Crippen molar-refractivity contribution in [3.05, 3.63) is 87.7 Å². The van der Waals surface area contributed by atoms with Crippen LogP contribution in [-0.4, -0.2) is 17.1 Å². The van der Waals surface area contributed by atoms with E-state index in [1.54, 1.807) is 7.05 Å². The van der Waals surface area contributed by atoms with Crippen LogP contribution < -0.4 is 20.3 Å². The number of ether oxygens (including phenoxy) is 2. The van der Waals surface area contributed by atoms with E-state index in [9.17, 15) is 9.59 Å². The second kappa shape index (κ2) is 12.1. The van der Waals surface area contributed by atoms with Crippen molar-refractivity contribution in [2.24, 2.45) is 7.05 Å². The summed E-state index contributed by atoms with van der Waals surface area (Å²) in [6.45, 7) is 8.43. The van der Waals surface area contributed by atoms with Crippen molar-refractivity contribution < 1.29 is 14.3 Å². The molecular weight excluding hydrogens is 440 g/mol. The fraction of sp³-hybridized carbons (Fsp3) is 0.310. The number of aromatic nitrogens is 1. The number of nitrogens with one attached hydrogen (secondary N) is 1. The van der Waals surface area contributed by atoms with Crippen molar-refractivity contribution in [1.82, 2.24) is 4.57 Å². The number of rotatable bonds is 10. The van der Waals surface area contributed by atoms with Gasteiger partial charge in [0, 0.05) is 31.6 Å². The summed E-state index contributed by atoms with van der Waals surface area (Å²) >= 11 is 0. The average Bonchev–Trinajstić information content (AvgIpc) is 2.83. The number of hydrogen-bond acceptors (Lipinski definition) is 5. The topological polar surface area (TPSA) is 69.6 Å². The summed E-state index contributed by atoms with van der Waals surface area (Å²) in [5.74, 6) is -0.379. The van der Waals surface area contributed by atoms with Gasteiger partial charge in [-0.15, -0.1) is 0 Å². The predicted octanol–water partition coefficient (Wildman–Crippen LogP) is 6.15. The van der Waals surface area contributed by atoms with Crippen molar-refractivity contribution >= 4 is 22.6 Å². The Kier molecular flexibility index (Phi) is 8.90. The standard InChI is InChI=1S/C29H34N2O4/c1-20(2)10-9-11-21(3)16-17-34-27-25-15-14-24(30-19-23-12-7-6-8-13-23)18-26(25)31(5)29(33)28(27)35-22(4)32/h6-8,10,12-16,18,30H,9,11,17,19H2,1-5H3. The number of carbonyl (C=O) groups is 1. The van der Waals surface area contributed by atoms with Crippen molar-refractivity contribution in [2.45, 2.75) is 47.1 Å². The van der Waals surface area contributed by atoms with Crippen molar-refractivity contribution in [3.8, 4) is 11.5 Å². The Balaban J connectivity index is 1.91. The molecule has 0 saturated heterocycles. The van der Waals surface area contributed by atoms with E-state index >= 15 is 0 Å². The van der Waals surface area contributed by atoms with Crippen LogP contribution in [0.1, 0.15) is 46.1 Å². The predicted molar refractivity (Wildman–Crippen MR) is 142 cm³/mol. The molecule has 1 heterocycles. The van der Waals surface area contributed by atoms with Crippen LogP contribution in [0.3, 0.4) is 0 Å². The number of benzene rings is 2. The highest BCUT2D eigenvalue weighted by atomic mass is 16.6. The number of fused-ring (bicyclic) bond motifs is 1. The first-order valence-corrected chi connectivity index (χ1v) is 11.8. The molecule has 0 bridgehead atoms. The molecule has 0 aliphatic carbocycles. The number of hydrogen-bond donors (Lipinski definition) is 1. The highest BCUT2D eigenvalue weighted by molar-refractivity contribution is 5.91. The molecular formula is C29H34N2O4. The minimum atomic E-state index is -0.569. The molecule has 35 heavy (non-hydrogen) atoms. The molecule has 3 rings (SSSR count). The van der Waals surface area contributed by atoms with E-state index in [1.165, 1.54) is 22.6 Å². The minimum Gasteiger partial charge on any atom is -0.485 e. The summed E-state index contributed by atoms with van der Waals surface area (Å²) in [7, 11) is 1.66. The second-order valence-electron chi connectivity index (χ2n) is 8.87. The van der Waals surface area contributed by atoms with Crippen molar-refractivity contribution in [1.29, 1.82) is 0 Å². The fourth-order valence-electron chi connectivity index (χ4n) is 3.73. The number of allylic oxidation sites excluding steroid dienone is 3.